The predicted octanol–water partition coefficient (Wildman–Crippen LogP) is 4.74. The molecule has 74 heavy (non-hydrogen) atoms. The molecule has 1 unspecified atom stereocenters. The van der Waals surface area contributed by atoms with Crippen molar-refractivity contribution in [3.63, 3.8) is 0 Å². The Kier molecular flexibility index (Phi) is 15.0. The summed E-state index contributed by atoms with van der Waals surface area (Å²) in [6, 6.07) is 9.54. The van der Waals surface area contributed by atoms with E-state index in [-0.39, 0.29) is 73.0 Å². The number of piperazine rings is 1. The molecule has 0 radical (unpaired) electrons. The van der Waals surface area contributed by atoms with Crippen LogP contribution >= 0.6 is 11.3 Å². The number of aryl methyl sites for hydroxylation is 3. The third kappa shape index (κ3) is 11.1. The van der Waals surface area contributed by atoms with E-state index in [0.29, 0.717) is 48.6 Å². The van der Waals surface area contributed by atoms with Crippen LogP contribution in [0.25, 0.3) is 21.5 Å². The third-order valence-corrected chi connectivity index (χ3v) is 15.2. The normalized spacial score (nSPS) is 17.7. The number of hydrogen-bond acceptors (Lipinski definition) is 16. The topological polar surface area (TPSA) is 256 Å². The zero-order valence-electron chi connectivity index (χ0n) is 42.5. The smallest absolute Gasteiger partial charge is 0.274 e. The second kappa shape index (κ2) is 21.6. The summed E-state index contributed by atoms with van der Waals surface area (Å²) in [7, 11) is 0. The first kappa shape index (κ1) is 51.4. The molecule has 3 aliphatic rings. The number of β-amino-alcohol motifs (C(OH)–C–C–N with tert-alkyl or cyclic N) is 1. The van der Waals surface area contributed by atoms with E-state index >= 15 is 0 Å². The predicted molar refractivity (Wildman–Crippen MR) is 278 cm³/mol. The van der Waals surface area contributed by atoms with Gasteiger partial charge in [-0.1, -0.05) is 63.1 Å². The number of nitrogens with zero attached hydrogens (tertiary/aromatic N) is 11. The molecule has 1 saturated carbocycles. The number of aromatic nitrogens is 8. The standard InChI is InChI=1S/C52H62N14O7S/c1-30-38-26-55-51(59-46(38)66(35-9-7-8-10-35)49(72)43(30)32(3)67)57-41-16-15-36(25-53-41)62-19-21-63(22-20-62)42(69)17-18-64-28-39(60-61-64)47(70)58-45(52(4,5)6)50(73)65-27-37(68)23-40(65)48(71)54-24-33-11-13-34(14-12-33)44-31(2)56-29-74-44/h11-16,25-26,28-29,35,37,40,45,68H,7-10,17-24,27H2,1-6H3,(H,54,71)(H,58,70)(H,53,55,57,59)/t37-,40+,45?/m1/s1. The van der Waals surface area contributed by atoms with Crippen LogP contribution in [0.5, 0.6) is 0 Å². The SMILES string of the molecule is CC(=O)c1c(C)c2cnc(Nc3ccc(N4CCN(C(=O)CCn5cc(C(=O)NC(C(=O)N6C[C@H](O)C[C@H]6C(=O)NCc6ccc(-c7scnc7C)cc6)C(C)(C)C)nn5)CC4)cn3)nc2n(C2CCCC2)c1=O. The lowest BCUT2D eigenvalue weighted by Gasteiger charge is -2.36. The summed E-state index contributed by atoms with van der Waals surface area (Å²) < 4.78 is 3.10. The minimum Gasteiger partial charge on any atom is -0.391 e. The number of ketones is 1. The summed E-state index contributed by atoms with van der Waals surface area (Å²) in [5.41, 5.74) is 5.66. The summed E-state index contributed by atoms with van der Waals surface area (Å²) >= 11 is 1.56. The zero-order valence-corrected chi connectivity index (χ0v) is 43.3. The quantitative estimate of drug-likeness (QED) is 0.101. The van der Waals surface area contributed by atoms with Gasteiger partial charge >= 0.3 is 0 Å². The molecule has 7 heterocycles. The summed E-state index contributed by atoms with van der Waals surface area (Å²) in [6.07, 6.45) is 7.81. The van der Waals surface area contributed by atoms with Crippen LogP contribution in [-0.2, 0) is 27.5 Å². The number of hydrogen-bond donors (Lipinski definition) is 4. The van der Waals surface area contributed by atoms with Gasteiger partial charge in [0.15, 0.2) is 11.5 Å². The molecule has 5 aromatic heterocycles. The number of carbonyl (C=O) groups excluding carboxylic acids is 5. The average Bonchev–Trinajstić information content (AvgIpc) is 4.24. The lowest BCUT2D eigenvalue weighted by molar-refractivity contribution is -0.142. The Balaban J connectivity index is 0.750. The van der Waals surface area contributed by atoms with Crippen molar-refractivity contribution >= 4 is 69.2 Å². The number of rotatable bonds is 15. The molecule has 388 valence electrons. The van der Waals surface area contributed by atoms with Gasteiger partial charge in [0.2, 0.25) is 23.7 Å². The number of carbonyl (C=O) groups is 5. The number of thiazole rings is 1. The highest BCUT2D eigenvalue weighted by atomic mass is 32.1. The maximum atomic E-state index is 14.2. The molecule has 6 aromatic rings. The van der Waals surface area contributed by atoms with Gasteiger partial charge < -0.3 is 35.8 Å². The second-order valence-electron chi connectivity index (χ2n) is 20.5. The Morgan fingerprint density at radius 3 is 2.34 bits per heavy atom. The molecule has 22 heteroatoms. The molecule has 2 aliphatic heterocycles. The van der Waals surface area contributed by atoms with Crippen LogP contribution in [0.3, 0.4) is 0 Å². The number of pyridine rings is 2. The molecule has 3 atom stereocenters. The van der Waals surface area contributed by atoms with Gasteiger partial charge in [0.25, 0.3) is 11.5 Å². The molecule has 21 nitrogen and oxygen atoms in total. The van der Waals surface area contributed by atoms with Crippen LogP contribution in [0.2, 0.25) is 0 Å². The fraction of sp³-hybridized carbons (Fsp3) is 0.462. The number of anilines is 3. The van der Waals surface area contributed by atoms with Gasteiger partial charge in [0, 0.05) is 69.7 Å². The van der Waals surface area contributed by atoms with Crippen molar-refractivity contribution in [3.05, 3.63) is 98.9 Å². The first-order chi connectivity index (χ1) is 35.4. The monoisotopic (exact) mass is 1030 g/mol. The summed E-state index contributed by atoms with van der Waals surface area (Å²) in [4.78, 5) is 105. The Morgan fingerprint density at radius 1 is 0.932 bits per heavy atom. The third-order valence-electron chi connectivity index (χ3n) is 14.2. The molecule has 0 bridgehead atoms. The number of likely N-dealkylation sites (tertiary alicyclic amines) is 1. The van der Waals surface area contributed by atoms with Crippen LogP contribution in [0.4, 0.5) is 17.5 Å². The Bertz CT molecular complexity index is 3130. The van der Waals surface area contributed by atoms with E-state index in [1.807, 2.05) is 43.3 Å². The van der Waals surface area contributed by atoms with Crippen molar-refractivity contribution in [2.24, 2.45) is 5.41 Å². The van der Waals surface area contributed by atoms with Gasteiger partial charge in [-0.25, -0.2) is 15.0 Å². The molecule has 0 spiro atoms. The lowest BCUT2D eigenvalue weighted by Crippen LogP contribution is -2.57. The van der Waals surface area contributed by atoms with Gasteiger partial charge in [-0.15, -0.1) is 16.4 Å². The van der Waals surface area contributed by atoms with Crippen molar-refractivity contribution in [3.8, 4) is 10.4 Å². The first-order valence-corrected chi connectivity index (χ1v) is 26.0. The van der Waals surface area contributed by atoms with E-state index in [1.54, 1.807) is 66.4 Å². The molecule has 1 aliphatic carbocycles. The highest BCUT2D eigenvalue weighted by Crippen LogP contribution is 2.33. The highest BCUT2D eigenvalue weighted by molar-refractivity contribution is 7.13. The van der Waals surface area contributed by atoms with E-state index in [2.05, 4.69) is 46.1 Å². The molecule has 9 rings (SSSR count). The largest absolute Gasteiger partial charge is 0.391 e. The van der Waals surface area contributed by atoms with Crippen LogP contribution < -0.4 is 26.4 Å². The van der Waals surface area contributed by atoms with Crippen molar-refractivity contribution in [1.82, 2.24) is 59.9 Å². The van der Waals surface area contributed by atoms with E-state index in [4.69, 9.17) is 4.98 Å². The van der Waals surface area contributed by atoms with Gasteiger partial charge in [-0.3, -0.25) is 38.0 Å². The van der Waals surface area contributed by atoms with Crippen molar-refractivity contribution in [1.29, 1.82) is 0 Å². The molecule has 3 fully saturated rings. The van der Waals surface area contributed by atoms with Crippen molar-refractivity contribution < 1.29 is 29.1 Å². The lowest BCUT2D eigenvalue weighted by atomic mass is 9.85. The summed E-state index contributed by atoms with van der Waals surface area (Å²) in [5, 5.41) is 28.4. The highest BCUT2D eigenvalue weighted by Gasteiger charge is 2.45. The molecular formula is C52H62N14O7S. The fourth-order valence-electron chi connectivity index (χ4n) is 10.1. The summed E-state index contributed by atoms with van der Waals surface area (Å²) in [6.45, 7) is 13.0. The second-order valence-corrected chi connectivity index (χ2v) is 21.3. The molecular weight excluding hydrogens is 965 g/mol. The molecule has 4 N–H and O–H groups in total. The number of nitrogens with one attached hydrogen (secondary N) is 3. The number of benzene rings is 1. The maximum absolute atomic E-state index is 14.2. The minimum absolute atomic E-state index is 0.0333. The summed E-state index contributed by atoms with van der Waals surface area (Å²) in [5.74, 6) is -1.10. The zero-order chi connectivity index (χ0) is 52.4. The van der Waals surface area contributed by atoms with E-state index in [0.717, 1.165) is 53.1 Å². The maximum Gasteiger partial charge on any atom is 0.274 e. The molecule has 4 amide bonds. The van der Waals surface area contributed by atoms with Crippen LogP contribution in [-0.4, -0.2) is 135 Å². The van der Waals surface area contributed by atoms with E-state index in [1.165, 1.54) is 22.7 Å². The van der Waals surface area contributed by atoms with Gasteiger partial charge in [0.05, 0.1) is 52.4 Å². The number of fused-ring (bicyclic) bond motifs is 1. The van der Waals surface area contributed by atoms with Crippen LogP contribution in [0.1, 0.15) is 110 Å². The fourth-order valence-corrected chi connectivity index (χ4v) is 11.0. The van der Waals surface area contributed by atoms with Crippen molar-refractivity contribution in [2.75, 3.05) is 42.9 Å². The Hall–Kier alpha value is -7.46. The Morgan fingerprint density at radius 2 is 1.68 bits per heavy atom. The van der Waals surface area contributed by atoms with E-state index in [9.17, 15) is 33.9 Å². The van der Waals surface area contributed by atoms with Gasteiger partial charge in [0.1, 0.15) is 23.5 Å². The van der Waals surface area contributed by atoms with Crippen molar-refractivity contribution in [2.45, 2.75) is 117 Å². The van der Waals surface area contributed by atoms with Gasteiger partial charge in [-0.2, -0.15) is 4.98 Å². The number of aliphatic hydroxyl groups excluding tert-OH is 1. The first-order valence-electron chi connectivity index (χ1n) is 25.1. The van der Waals surface area contributed by atoms with Gasteiger partial charge in [-0.05, 0) is 67.9 Å². The van der Waals surface area contributed by atoms with Crippen LogP contribution in [0, 0.1) is 19.3 Å². The number of aliphatic hydroxyl groups is 1. The number of amides is 4. The number of Topliss-reactive ketones (excluding diaryl/α,β-unsaturated/α-hetero) is 1. The van der Waals surface area contributed by atoms with Crippen LogP contribution in [0.15, 0.2) is 65.3 Å². The Labute approximate surface area is 431 Å². The molecule has 2 saturated heterocycles. The average molecular weight is 1030 g/mol. The molecule has 1 aromatic carbocycles. The minimum atomic E-state index is -1.07. The van der Waals surface area contributed by atoms with E-state index < -0.39 is 41.3 Å².